The predicted octanol–water partition coefficient (Wildman–Crippen LogP) is 5.17. The van der Waals surface area contributed by atoms with Crippen LogP contribution in [0.1, 0.15) is 30.1 Å². The molecule has 3 fully saturated rings. The summed E-state index contributed by atoms with van der Waals surface area (Å²) in [6.07, 6.45) is 4.81. The molecule has 4 heterocycles. The Balaban J connectivity index is 1.57. The Labute approximate surface area is 192 Å². The molecule has 3 saturated heterocycles. The van der Waals surface area contributed by atoms with Crippen molar-refractivity contribution in [3.63, 3.8) is 0 Å². The lowest BCUT2D eigenvalue weighted by molar-refractivity contribution is -0.985. The number of aliphatic hydroxyl groups excluding tert-OH is 1. The van der Waals surface area contributed by atoms with Crippen LogP contribution in [-0.2, 0) is 6.54 Å². The van der Waals surface area contributed by atoms with E-state index in [1.807, 2.05) is 30.3 Å². The van der Waals surface area contributed by atoms with E-state index in [0.29, 0.717) is 34.2 Å². The molecule has 1 aromatic heterocycles. The van der Waals surface area contributed by atoms with Gasteiger partial charge in [-0.3, -0.25) is 4.98 Å². The van der Waals surface area contributed by atoms with Crippen molar-refractivity contribution in [3.8, 4) is 5.75 Å². The molecule has 33 heavy (non-hydrogen) atoms. The average molecular weight is 452 g/mol. The number of nitrogens with zero attached hydrogens (tertiary/aromatic N) is 2. The van der Waals surface area contributed by atoms with E-state index in [0.717, 1.165) is 48.5 Å². The van der Waals surface area contributed by atoms with Crippen molar-refractivity contribution in [1.29, 1.82) is 0 Å². The van der Waals surface area contributed by atoms with Gasteiger partial charge >= 0.3 is 0 Å². The number of aromatic nitrogens is 1. The van der Waals surface area contributed by atoms with Gasteiger partial charge in [0.1, 0.15) is 36.1 Å². The first-order valence-corrected chi connectivity index (χ1v) is 11.5. The van der Waals surface area contributed by atoms with Gasteiger partial charge in [-0.05, 0) is 47.9 Å². The summed E-state index contributed by atoms with van der Waals surface area (Å²) >= 11 is 0. The zero-order chi connectivity index (χ0) is 23.2. The zero-order valence-electron chi connectivity index (χ0n) is 18.8. The minimum atomic E-state index is -0.750. The van der Waals surface area contributed by atoms with Crippen LogP contribution in [-0.4, -0.2) is 40.8 Å². The molecule has 2 aromatic carbocycles. The van der Waals surface area contributed by atoms with Gasteiger partial charge in [0.15, 0.2) is 0 Å². The molecule has 0 saturated carbocycles. The normalized spacial score (nSPS) is 27.5. The number of piperidine rings is 3. The number of ether oxygens (including phenoxy) is 1. The first-order valence-electron chi connectivity index (χ1n) is 11.5. The molecule has 6 rings (SSSR count). The number of quaternary nitrogens is 1. The first kappa shape index (κ1) is 22.0. The fourth-order valence-corrected chi connectivity index (χ4v) is 6.11. The molecule has 2 bridgehead atoms. The highest BCUT2D eigenvalue weighted by Crippen LogP contribution is 2.48. The third-order valence-corrected chi connectivity index (χ3v) is 7.84. The second-order valence-electron chi connectivity index (χ2n) is 9.50. The van der Waals surface area contributed by atoms with E-state index in [2.05, 4.69) is 11.6 Å². The Kier molecular flexibility index (Phi) is 5.67. The monoisotopic (exact) mass is 451 g/mol. The second-order valence-corrected chi connectivity index (χ2v) is 9.50. The molecule has 1 N–H and O–H groups in total. The third kappa shape index (κ3) is 3.81. The van der Waals surface area contributed by atoms with Crippen molar-refractivity contribution in [3.05, 3.63) is 84.1 Å². The van der Waals surface area contributed by atoms with Crippen LogP contribution in [0.3, 0.4) is 0 Å². The summed E-state index contributed by atoms with van der Waals surface area (Å²) in [7, 11) is 1.62. The summed E-state index contributed by atoms with van der Waals surface area (Å²) in [5.41, 5.74) is 2.09. The van der Waals surface area contributed by atoms with Gasteiger partial charge in [-0.2, -0.15) is 0 Å². The molecule has 5 atom stereocenters. The highest BCUT2D eigenvalue weighted by molar-refractivity contribution is 5.83. The summed E-state index contributed by atoms with van der Waals surface area (Å²) in [6.45, 7) is 6.09. The van der Waals surface area contributed by atoms with E-state index in [4.69, 9.17) is 4.74 Å². The van der Waals surface area contributed by atoms with Crippen molar-refractivity contribution in [2.75, 3.05) is 20.2 Å². The van der Waals surface area contributed by atoms with Crippen LogP contribution in [0.5, 0.6) is 5.75 Å². The van der Waals surface area contributed by atoms with Gasteiger partial charge in [0, 0.05) is 42.0 Å². The molecule has 4 nitrogen and oxygen atoms in total. The van der Waals surface area contributed by atoms with Gasteiger partial charge < -0.3 is 14.3 Å². The molecule has 5 unspecified atom stereocenters. The van der Waals surface area contributed by atoms with Crippen molar-refractivity contribution in [1.82, 2.24) is 4.98 Å². The summed E-state index contributed by atoms with van der Waals surface area (Å²) in [5, 5.41) is 12.6. The standard InChI is InChI=1S/C27H29F2N2O2/c1-3-17-15-31(16-19-4-5-20(28)13-24(19)29)11-9-18(17)12-26(31)27(32)22-8-10-30-25-7-6-21(33-2)14-23(22)25/h3-8,10,13-14,17-18,26-27,32H,1,9,11-12,15-16H2,2H3/q+1. The maximum atomic E-state index is 14.7. The molecule has 0 radical (unpaired) electrons. The lowest BCUT2D eigenvalue weighted by Gasteiger charge is -2.58. The number of rotatable bonds is 6. The van der Waals surface area contributed by atoms with E-state index in [1.54, 1.807) is 13.3 Å². The molecule has 172 valence electrons. The summed E-state index contributed by atoms with van der Waals surface area (Å²) < 4.78 is 34.2. The fourth-order valence-electron chi connectivity index (χ4n) is 6.11. The number of aliphatic hydroxyl groups is 1. The van der Waals surface area contributed by atoms with Crippen LogP contribution in [0.2, 0.25) is 0 Å². The lowest BCUT2D eigenvalue weighted by atomic mass is 9.71. The molecule has 0 spiro atoms. The van der Waals surface area contributed by atoms with Crippen LogP contribution < -0.4 is 4.74 Å². The van der Waals surface area contributed by atoms with Crippen LogP contribution >= 0.6 is 0 Å². The number of benzene rings is 2. The Morgan fingerprint density at radius 3 is 2.85 bits per heavy atom. The molecule has 0 amide bonds. The highest BCUT2D eigenvalue weighted by Gasteiger charge is 2.54. The van der Waals surface area contributed by atoms with E-state index in [-0.39, 0.29) is 6.04 Å². The Morgan fingerprint density at radius 1 is 1.24 bits per heavy atom. The van der Waals surface area contributed by atoms with Gasteiger partial charge in [-0.15, -0.1) is 6.58 Å². The molecule has 0 aliphatic carbocycles. The quantitative estimate of drug-likeness (QED) is 0.416. The van der Waals surface area contributed by atoms with E-state index in [1.165, 1.54) is 12.1 Å². The fraction of sp³-hybridized carbons (Fsp3) is 0.370. The molecule has 3 aromatic rings. The number of halogens is 2. The Morgan fingerprint density at radius 2 is 2.09 bits per heavy atom. The molecular weight excluding hydrogens is 422 g/mol. The topological polar surface area (TPSA) is 42.4 Å². The minimum absolute atomic E-state index is 0.110. The predicted molar refractivity (Wildman–Crippen MR) is 124 cm³/mol. The van der Waals surface area contributed by atoms with Crippen molar-refractivity contribution in [2.24, 2.45) is 11.8 Å². The van der Waals surface area contributed by atoms with Crippen molar-refractivity contribution >= 4 is 10.9 Å². The van der Waals surface area contributed by atoms with Crippen molar-refractivity contribution in [2.45, 2.75) is 31.5 Å². The number of pyridine rings is 1. The van der Waals surface area contributed by atoms with Gasteiger partial charge in [0.25, 0.3) is 0 Å². The Bertz CT molecular complexity index is 1200. The van der Waals surface area contributed by atoms with Gasteiger partial charge in [0.2, 0.25) is 0 Å². The number of hydrogen-bond donors (Lipinski definition) is 1. The van der Waals surface area contributed by atoms with Crippen LogP contribution in [0.15, 0.2) is 61.3 Å². The lowest BCUT2D eigenvalue weighted by Crippen LogP contribution is -2.67. The smallest absolute Gasteiger partial charge is 0.134 e. The average Bonchev–Trinajstić information content (AvgIpc) is 2.84. The van der Waals surface area contributed by atoms with Crippen LogP contribution in [0.4, 0.5) is 8.78 Å². The minimum Gasteiger partial charge on any atom is -0.497 e. The zero-order valence-corrected chi connectivity index (χ0v) is 18.8. The summed E-state index contributed by atoms with van der Waals surface area (Å²) in [5.74, 6) is 0.366. The van der Waals surface area contributed by atoms with Gasteiger partial charge in [-0.25, -0.2) is 8.78 Å². The Hall–Kier alpha value is -2.83. The first-order chi connectivity index (χ1) is 15.9. The number of methoxy groups -OCH3 is 1. The molecule has 3 aliphatic heterocycles. The largest absolute Gasteiger partial charge is 0.497 e. The number of fused-ring (bicyclic) bond motifs is 4. The molecular formula is C27H29F2N2O2+. The SMILES string of the molecule is C=CC1C[N+]2(Cc3ccc(F)cc3F)CCC1CC2C(O)c1ccnc2ccc(OC)cc12. The van der Waals surface area contributed by atoms with E-state index in [9.17, 15) is 13.9 Å². The van der Waals surface area contributed by atoms with E-state index < -0.39 is 17.7 Å². The van der Waals surface area contributed by atoms with Crippen molar-refractivity contribution < 1.29 is 23.1 Å². The number of hydrogen-bond acceptors (Lipinski definition) is 3. The van der Waals surface area contributed by atoms with E-state index >= 15 is 0 Å². The molecule has 3 aliphatic rings. The summed E-state index contributed by atoms with van der Waals surface area (Å²) in [4.78, 5) is 4.45. The third-order valence-electron chi connectivity index (χ3n) is 7.84. The highest BCUT2D eigenvalue weighted by atomic mass is 19.1. The van der Waals surface area contributed by atoms with Crippen LogP contribution in [0.25, 0.3) is 10.9 Å². The maximum Gasteiger partial charge on any atom is 0.134 e. The summed E-state index contributed by atoms with van der Waals surface area (Å²) in [6, 6.07) is 11.2. The van der Waals surface area contributed by atoms with Gasteiger partial charge in [-0.1, -0.05) is 6.08 Å². The molecule has 6 heteroatoms. The van der Waals surface area contributed by atoms with Crippen LogP contribution in [0, 0.1) is 23.5 Å². The maximum absolute atomic E-state index is 14.7. The second kappa shape index (κ2) is 8.50. The van der Waals surface area contributed by atoms with Gasteiger partial charge in [0.05, 0.1) is 25.7 Å².